The molecule has 0 radical (unpaired) electrons. The van der Waals surface area contributed by atoms with Crippen LogP contribution in [0.3, 0.4) is 0 Å². The van der Waals surface area contributed by atoms with E-state index in [4.69, 9.17) is 27.9 Å². The molecule has 1 aromatic carbocycles. The Labute approximate surface area is 218 Å². The normalized spacial score (nSPS) is 11.1. The second-order valence-electron chi connectivity index (χ2n) is 7.45. The molecule has 0 unspecified atom stereocenters. The first-order valence-corrected chi connectivity index (χ1v) is 11.3. The maximum atomic E-state index is 13.4. The number of rotatable bonds is 6. The summed E-state index contributed by atoms with van der Waals surface area (Å²) in [4.78, 5) is 41.5. The molecule has 3 rings (SSSR count). The Morgan fingerprint density at radius 2 is 1.84 bits per heavy atom. The molecule has 0 atom stereocenters. The van der Waals surface area contributed by atoms with Crippen molar-refractivity contribution in [2.45, 2.75) is 26.4 Å². The first kappa shape index (κ1) is 27.7. The van der Waals surface area contributed by atoms with E-state index in [9.17, 15) is 27.6 Å². The Bertz CT molecular complexity index is 1350. The molecule has 0 aliphatic rings. The number of hydrogen-bond acceptors (Lipinski definition) is 6. The Hall–Kier alpha value is -3.84. The quantitative estimate of drug-likeness (QED) is 0.368. The van der Waals surface area contributed by atoms with Crippen LogP contribution in [-0.4, -0.2) is 39.3 Å². The van der Waals surface area contributed by atoms with Crippen molar-refractivity contribution >= 4 is 46.8 Å². The molecule has 3 aromatic rings. The zero-order valence-corrected chi connectivity index (χ0v) is 20.8. The van der Waals surface area contributed by atoms with Crippen LogP contribution in [0.5, 0.6) is 0 Å². The molecule has 3 amide bonds. The van der Waals surface area contributed by atoms with Gasteiger partial charge in [-0.3, -0.25) is 15.0 Å². The molecule has 3 N–H and O–H groups in total. The number of pyridine rings is 1. The molecule has 0 fully saturated rings. The molecule has 0 saturated carbocycles. The lowest BCUT2D eigenvalue weighted by Crippen LogP contribution is -2.42. The van der Waals surface area contributed by atoms with Gasteiger partial charge >= 0.3 is 12.3 Å². The molecule has 2 aromatic heterocycles. The Balaban J connectivity index is 1.97. The third-order valence-electron chi connectivity index (χ3n) is 4.67. The number of hydrogen-bond donors (Lipinski definition) is 3. The van der Waals surface area contributed by atoms with E-state index in [1.54, 1.807) is 6.92 Å². The summed E-state index contributed by atoms with van der Waals surface area (Å²) < 4.78 is 45.7. The van der Waals surface area contributed by atoms with E-state index in [2.05, 4.69) is 20.8 Å². The van der Waals surface area contributed by atoms with Crippen LogP contribution >= 0.6 is 23.2 Å². The predicted molar refractivity (Wildman–Crippen MR) is 128 cm³/mol. The number of carbonyl (C=O) groups excluding carboxylic acids is 3. The van der Waals surface area contributed by atoms with E-state index >= 15 is 0 Å². The maximum Gasteiger partial charge on any atom is 0.435 e. The van der Waals surface area contributed by atoms with E-state index in [-0.39, 0.29) is 33.7 Å². The third kappa shape index (κ3) is 6.68. The van der Waals surface area contributed by atoms with Crippen LogP contribution in [0, 0.1) is 6.92 Å². The summed E-state index contributed by atoms with van der Waals surface area (Å²) in [7, 11) is 0. The lowest BCUT2D eigenvalue weighted by atomic mass is 10.1. The van der Waals surface area contributed by atoms with Gasteiger partial charge in [0.1, 0.15) is 5.69 Å². The summed E-state index contributed by atoms with van der Waals surface area (Å²) in [5.41, 5.74) is 2.28. The zero-order valence-electron chi connectivity index (χ0n) is 19.2. The lowest BCUT2D eigenvalue weighted by Gasteiger charge is -2.15. The molecule has 196 valence electrons. The number of aromatic nitrogens is 3. The highest BCUT2D eigenvalue weighted by molar-refractivity contribution is 6.32. The summed E-state index contributed by atoms with van der Waals surface area (Å²) in [5, 5.41) is 5.95. The van der Waals surface area contributed by atoms with Gasteiger partial charge in [-0.05, 0) is 43.2 Å². The van der Waals surface area contributed by atoms with Crippen molar-refractivity contribution in [3.63, 3.8) is 0 Å². The number of anilines is 1. The lowest BCUT2D eigenvalue weighted by molar-refractivity contribution is -0.141. The molecule has 10 nitrogen and oxygen atoms in total. The Morgan fingerprint density at radius 1 is 1.11 bits per heavy atom. The molecular weight excluding hydrogens is 540 g/mol. The predicted octanol–water partition coefficient (Wildman–Crippen LogP) is 4.93. The first-order chi connectivity index (χ1) is 17.4. The number of ether oxygens (including phenoxy) is 1. The molecule has 2 heterocycles. The zero-order chi connectivity index (χ0) is 27.3. The number of nitrogens with zero attached hydrogens (tertiary/aromatic N) is 3. The van der Waals surface area contributed by atoms with Crippen LogP contribution in [-0.2, 0) is 10.9 Å². The average Bonchev–Trinajstić information content (AvgIpc) is 3.29. The molecular formula is C22H19Cl2F3N6O4. The van der Waals surface area contributed by atoms with Crippen molar-refractivity contribution in [3.8, 4) is 5.82 Å². The van der Waals surface area contributed by atoms with Crippen LogP contribution in [0.4, 0.5) is 23.7 Å². The van der Waals surface area contributed by atoms with Gasteiger partial charge in [-0.2, -0.15) is 18.3 Å². The SMILES string of the molecule is CCCOC(=O)NNC(=O)c1cc(Cl)cc(C)c1NC(=O)c1cc(C(F)(F)F)nn1-c1ncccc1Cl. The largest absolute Gasteiger partial charge is 0.448 e. The van der Waals surface area contributed by atoms with Gasteiger partial charge in [0.15, 0.2) is 11.5 Å². The van der Waals surface area contributed by atoms with Crippen LogP contribution in [0.25, 0.3) is 5.82 Å². The topological polar surface area (TPSA) is 127 Å². The first-order valence-electron chi connectivity index (χ1n) is 10.5. The van der Waals surface area contributed by atoms with Gasteiger partial charge < -0.3 is 10.1 Å². The molecule has 37 heavy (non-hydrogen) atoms. The number of benzene rings is 1. The van der Waals surface area contributed by atoms with E-state index in [1.807, 2.05) is 5.43 Å². The van der Waals surface area contributed by atoms with Gasteiger partial charge in [0, 0.05) is 17.3 Å². The van der Waals surface area contributed by atoms with Gasteiger partial charge in [0.25, 0.3) is 11.8 Å². The molecule has 0 saturated heterocycles. The third-order valence-corrected chi connectivity index (χ3v) is 5.18. The number of alkyl halides is 3. The van der Waals surface area contributed by atoms with Crippen molar-refractivity contribution < 1.29 is 32.3 Å². The highest BCUT2D eigenvalue weighted by Gasteiger charge is 2.37. The van der Waals surface area contributed by atoms with Crippen molar-refractivity contribution in [3.05, 3.63) is 69.1 Å². The Kier molecular flexibility index (Phi) is 8.61. The average molecular weight is 559 g/mol. The smallest absolute Gasteiger partial charge is 0.435 e. The number of hydrazine groups is 1. The summed E-state index contributed by atoms with van der Waals surface area (Å²) in [6.07, 6.45) is -3.97. The molecule has 0 spiro atoms. The minimum absolute atomic E-state index is 0.0582. The van der Waals surface area contributed by atoms with Crippen LogP contribution in [0.15, 0.2) is 36.5 Å². The highest BCUT2D eigenvalue weighted by atomic mass is 35.5. The molecule has 0 bridgehead atoms. The van der Waals surface area contributed by atoms with Crippen LogP contribution in [0.2, 0.25) is 10.0 Å². The molecule has 0 aliphatic carbocycles. The molecule has 15 heteroatoms. The summed E-state index contributed by atoms with van der Waals surface area (Å²) in [5.74, 6) is -2.16. The second kappa shape index (κ2) is 11.5. The van der Waals surface area contributed by atoms with E-state index in [0.29, 0.717) is 22.7 Å². The highest BCUT2D eigenvalue weighted by Crippen LogP contribution is 2.31. The van der Waals surface area contributed by atoms with E-state index in [1.165, 1.54) is 37.4 Å². The second-order valence-corrected chi connectivity index (χ2v) is 8.29. The van der Waals surface area contributed by atoms with Crippen LogP contribution in [0.1, 0.15) is 45.4 Å². The van der Waals surface area contributed by atoms with Crippen molar-refractivity contribution in [1.29, 1.82) is 0 Å². The number of carbonyl (C=O) groups is 3. The number of aryl methyl sites for hydroxylation is 1. The van der Waals surface area contributed by atoms with Gasteiger partial charge in [-0.15, -0.1) is 0 Å². The minimum atomic E-state index is -4.87. The fourth-order valence-corrected chi connectivity index (χ4v) is 3.52. The maximum absolute atomic E-state index is 13.4. The standard InChI is InChI=1S/C22H19Cl2F3N6O4/c1-3-7-37-21(36)31-30-19(34)13-9-12(23)8-11(2)17(13)29-20(35)15-10-16(22(25,26)27)32-33(15)18-14(24)5-4-6-28-18/h4-6,8-10H,3,7H2,1-2H3,(H,29,35)(H,30,34)(H,31,36). The van der Waals surface area contributed by atoms with E-state index in [0.717, 1.165) is 0 Å². The van der Waals surface area contributed by atoms with Gasteiger partial charge in [-0.1, -0.05) is 30.1 Å². The van der Waals surface area contributed by atoms with Gasteiger partial charge in [-0.25, -0.2) is 19.9 Å². The monoisotopic (exact) mass is 558 g/mol. The number of halogens is 5. The molecule has 0 aliphatic heterocycles. The minimum Gasteiger partial charge on any atom is -0.448 e. The van der Waals surface area contributed by atoms with Gasteiger partial charge in [0.05, 0.1) is 22.9 Å². The van der Waals surface area contributed by atoms with Crippen molar-refractivity contribution in [2.75, 3.05) is 11.9 Å². The van der Waals surface area contributed by atoms with Crippen molar-refractivity contribution in [1.82, 2.24) is 25.6 Å². The fourth-order valence-electron chi connectivity index (χ4n) is 3.05. The fraction of sp³-hybridized carbons (Fsp3) is 0.227. The van der Waals surface area contributed by atoms with Crippen LogP contribution < -0.4 is 16.2 Å². The summed E-state index contributed by atoms with van der Waals surface area (Å²) in [6, 6.07) is 5.97. The van der Waals surface area contributed by atoms with E-state index < -0.39 is 35.5 Å². The summed E-state index contributed by atoms with van der Waals surface area (Å²) >= 11 is 12.1. The summed E-state index contributed by atoms with van der Waals surface area (Å²) in [6.45, 7) is 3.41. The number of nitrogens with one attached hydrogen (secondary N) is 3. The Morgan fingerprint density at radius 3 is 2.49 bits per heavy atom. The number of amides is 3. The van der Waals surface area contributed by atoms with Gasteiger partial charge in [0.2, 0.25) is 0 Å². The van der Waals surface area contributed by atoms with Crippen molar-refractivity contribution in [2.24, 2.45) is 0 Å².